The van der Waals surface area contributed by atoms with Crippen molar-refractivity contribution in [2.75, 3.05) is 32.8 Å². The van der Waals surface area contributed by atoms with Gasteiger partial charge in [-0.3, -0.25) is 0 Å². The van der Waals surface area contributed by atoms with E-state index >= 15 is 0 Å². The van der Waals surface area contributed by atoms with Crippen molar-refractivity contribution in [3.05, 3.63) is 0 Å². The number of amides is 2. The Morgan fingerprint density at radius 2 is 1.56 bits per heavy atom. The minimum atomic E-state index is -0.283. The second-order valence-electron chi connectivity index (χ2n) is 9.78. The molecule has 3 aliphatic heterocycles. The number of morpholine rings is 1. The third-order valence-electron chi connectivity index (χ3n) is 7.51. The van der Waals surface area contributed by atoms with Crippen LogP contribution < -0.4 is 0 Å². The minimum absolute atomic E-state index is 0.154. The zero-order chi connectivity index (χ0) is 19.2. The van der Waals surface area contributed by atoms with Gasteiger partial charge in [0.1, 0.15) is 0 Å². The highest BCUT2D eigenvalue weighted by atomic mass is 16.7. The van der Waals surface area contributed by atoms with E-state index in [1.165, 1.54) is 19.3 Å². The van der Waals surface area contributed by atoms with Gasteiger partial charge in [-0.05, 0) is 65.1 Å². The number of likely N-dealkylation sites (tertiary alicyclic amines) is 1. The van der Waals surface area contributed by atoms with Crippen molar-refractivity contribution in [3.63, 3.8) is 0 Å². The lowest BCUT2D eigenvalue weighted by atomic mass is 9.67. The number of nitrogens with zero attached hydrogens (tertiary/aromatic N) is 2. The molecule has 0 bridgehead atoms. The van der Waals surface area contributed by atoms with Gasteiger partial charge in [0.15, 0.2) is 0 Å². The van der Waals surface area contributed by atoms with E-state index in [1.807, 2.05) is 9.80 Å². The van der Waals surface area contributed by atoms with E-state index in [0.717, 1.165) is 39.0 Å². The van der Waals surface area contributed by atoms with Crippen molar-refractivity contribution in [3.8, 4) is 0 Å². The van der Waals surface area contributed by atoms with Gasteiger partial charge in [-0.25, -0.2) is 4.79 Å². The molecule has 1 atom stereocenters. The molecule has 4 fully saturated rings. The van der Waals surface area contributed by atoms with Crippen LogP contribution in [0.25, 0.3) is 0 Å². The first-order chi connectivity index (χ1) is 12.8. The predicted molar refractivity (Wildman–Crippen MR) is 105 cm³/mol. The Morgan fingerprint density at radius 3 is 2.11 bits per heavy atom. The molecule has 0 radical (unpaired) electrons. The van der Waals surface area contributed by atoms with E-state index in [9.17, 15) is 4.79 Å². The molecule has 1 unspecified atom stereocenters. The molecule has 0 aromatic rings. The monoisotopic (exact) mass is 378 g/mol. The molecule has 0 spiro atoms. The fourth-order valence-corrected chi connectivity index (χ4v) is 4.59. The number of urea groups is 1. The van der Waals surface area contributed by atoms with Crippen molar-refractivity contribution in [2.45, 2.75) is 82.9 Å². The maximum absolute atomic E-state index is 13.0. The van der Waals surface area contributed by atoms with Crippen molar-refractivity contribution >= 4 is 13.1 Å². The molecule has 6 nitrogen and oxygen atoms in total. The quantitative estimate of drug-likeness (QED) is 0.693. The summed E-state index contributed by atoms with van der Waals surface area (Å²) in [6.45, 7) is 12.1. The van der Waals surface area contributed by atoms with Crippen LogP contribution in [0.3, 0.4) is 0 Å². The second-order valence-corrected chi connectivity index (χ2v) is 9.78. The van der Waals surface area contributed by atoms with Gasteiger partial charge in [0, 0.05) is 26.2 Å². The first-order valence-corrected chi connectivity index (χ1v) is 10.8. The van der Waals surface area contributed by atoms with Gasteiger partial charge >= 0.3 is 13.1 Å². The third kappa shape index (κ3) is 3.75. The molecule has 4 aliphatic rings. The van der Waals surface area contributed by atoms with E-state index in [0.29, 0.717) is 18.3 Å². The van der Waals surface area contributed by atoms with Crippen LogP contribution in [0.4, 0.5) is 4.79 Å². The fourth-order valence-electron chi connectivity index (χ4n) is 4.59. The summed E-state index contributed by atoms with van der Waals surface area (Å²) in [5.74, 6) is 1.03. The van der Waals surface area contributed by atoms with Gasteiger partial charge in [-0.1, -0.05) is 6.42 Å². The van der Waals surface area contributed by atoms with E-state index < -0.39 is 0 Å². The zero-order valence-corrected chi connectivity index (χ0v) is 17.4. The Bertz CT molecular complexity index is 542. The van der Waals surface area contributed by atoms with Crippen molar-refractivity contribution in [1.29, 1.82) is 0 Å². The topological polar surface area (TPSA) is 51.2 Å². The van der Waals surface area contributed by atoms with Crippen LogP contribution in [-0.4, -0.2) is 73.0 Å². The molecule has 4 rings (SSSR count). The fraction of sp³-hybridized carbons (Fsp3) is 0.950. The van der Waals surface area contributed by atoms with Crippen molar-refractivity contribution < 1.29 is 18.8 Å². The zero-order valence-electron chi connectivity index (χ0n) is 17.4. The van der Waals surface area contributed by atoms with Crippen LogP contribution in [0.5, 0.6) is 0 Å². The van der Waals surface area contributed by atoms with Gasteiger partial charge in [0.25, 0.3) is 0 Å². The van der Waals surface area contributed by atoms with Gasteiger partial charge in [-0.2, -0.15) is 0 Å². The lowest BCUT2D eigenvalue weighted by molar-refractivity contribution is -0.0661. The molecule has 2 amide bonds. The highest BCUT2D eigenvalue weighted by molar-refractivity contribution is 6.47. The Morgan fingerprint density at radius 1 is 0.926 bits per heavy atom. The Kier molecular flexibility index (Phi) is 5.23. The maximum Gasteiger partial charge on any atom is 0.461 e. The second kappa shape index (κ2) is 7.23. The van der Waals surface area contributed by atoms with E-state index in [2.05, 4.69) is 27.7 Å². The van der Waals surface area contributed by atoms with Crippen LogP contribution in [0.1, 0.15) is 59.8 Å². The Labute approximate surface area is 164 Å². The molecule has 3 heterocycles. The van der Waals surface area contributed by atoms with Crippen LogP contribution >= 0.6 is 0 Å². The van der Waals surface area contributed by atoms with Crippen molar-refractivity contribution in [2.24, 2.45) is 5.92 Å². The first kappa shape index (κ1) is 19.5. The molecular formula is C20H35BN2O4. The highest BCUT2D eigenvalue weighted by Gasteiger charge is 2.54. The first-order valence-electron chi connectivity index (χ1n) is 10.8. The summed E-state index contributed by atoms with van der Waals surface area (Å²) in [4.78, 5) is 17.0. The molecule has 152 valence electrons. The molecule has 3 saturated heterocycles. The summed E-state index contributed by atoms with van der Waals surface area (Å²) in [6.07, 6.45) is 5.96. The number of ether oxygens (including phenoxy) is 1. The molecule has 0 aromatic heterocycles. The van der Waals surface area contributed by atoms with E-state index in [4.69, 9.17) is 14.0 Å². The Balaban J connectivity index is 1.28. The van der Waals surface area contributed by atoms with Gasteiger partial charge in [0.2, 0.25) is 0 Å². The summed E-state index contributed by atoms with van der Waals surface area (Å²) in [6, 6.07) is 0.190. The molecule has 27 heavy (non-hydrogen) atoms. The maximum atomic E-state index is 13.0. The summed E-state index contributed by atoms with van der Waals surface area (Å²) < 4.78 is 18.4. The van der Waals surface area contributed by atoms with E-state index in [-0.39, 0.29) is 30.5 Å². The number of hydrogen-bond acceptors (Lipinski definition) is 4. The lowest BCUT2D eigenvalue weighted by Crippen LogP contribution is -2.54. The largest absolute Gasteiger partial charge is 0.461 e. The highest BCUT2D eigenvalue weighted by Crippen LogP contribution is 2.42. The average molecular weight is 378 g/mol. The summed E-state index contributed by atoms with van der Waals surface area (Å²) in [5, 5.41) is 0. The standard InChI is InChI=1S/C20H35BN2O4/c1-19(2)20(3,4)27-21(26-19)16-8-10-22(11-9-16)18(24)23-12-13-25-17(14-23)15-6-5-7-15/h15-17H,5-14H2,1-4H3. The summed E-state index contributed by atoms with van der Waals surface area (Å²) in [7, 11) is -0.154. The minimum Gasteiger partial charge on any atom is -0.403 e. The SMILES string of the molecule is CC1(C)OB(C2CCN(C(=O)N3CCOC(C4CCC4)C3)CC2)OC1(C)C. The van der Waals surface area contributed by atoms with Gasteiger partial charge < -0.3 is 23.8 Å². The smallest absolute Gasteiger partial charge is 0.403 e. The molecule has 0 aromatic carbocycles. The number of carbonyl (C=O) groups excluding carboxylic acids is 1. The van der Waals surface area contributed by atoms with Crippen LogP contribution in [0.15, 0.2) is 0 Å². The molecule has 1 aliphatic carbocycles. The molecule has 7 heteroatoms. The van der Waals surface area contributed by atoms with Crippen LogP contribution in [0, 0.1) is 5.92 Å². The molecular weight excluding hydrogens is 343 g/mol. The average Bonchev–Trinajstić information content (AvgIpc) is 2.81. The van der Waals surface area contributed by atoms with E-state index in [1.54, 1.807) is 0 Å². The molecule has 1 saturated carbocycles. The predicted octanol–water partition coefficient (Wildman–Crippen LogP) is 3.17. The number of rotatable bonds is 2. The van der Waals surface area contributed by atoms with Crippen LogP contribution in [-0.2, 0) is 14.0 Å². The summed E-state index contributed by atoms with van der Waals surface area (Å²) >= 11 is 0. The number of hydrogen-bond donors (Lipinski definition) is 0. The van der Waals surface area contributed by atoms with Crippen molar-refractivity contribution in [1.82, 2.24) is 9.80 Å². The normalized spacial score (nSPS) is 31.9. The van der Waals surface area contributed by atoms with Crippen LogP contribution in [0.2, 0.25) is 5.82 Å². The lowest BCUT2D eigenvalue weighted by Gasteiger charge is -2.43. The third-order valence-corrected chi connectivity index (χ3v) is 7.51. The van der Waals surface area contributed by atoms with Gasteiger partial charge in [-0.15, -0.1) is 0 Å². The number of piperidine rings is 1. The summed E-state index contributed by atoms with van der Waals surface area (Å²) in [5.41, 5.74) is -0.566. The van der Waals surface area contributed by atoms with Gasteiger partial charge in [0.05, 0.1) is 23.9 Å². The number of carbonyl (C=O) groups is 1. The Hall–Kier alpha value is -0.785. The molecule has 0 N–H and O–H groups in total.